The molecular formula is C6H9Cl2N5. The zero-order valence-corrected chi connectivity index (χ0v) is 8.25. The number of rotatable bonds is 1. The highest BCUT2D eigenvalue weighted by Crippen LogP contribution is 1.97. The van der Waals surface area contributed by atoms with E-state index in [1.54, 1.807) is 10.6 Å². The highest BCUT2D eigenvalue weighted by atomic mass is 35.5. The van der Waals surface area contributed by atoms with Crippen molar-refractivity contribution in [1.82, 2.24) is 19.6 Å². The van der Waals surface area contributed by atoms with Gasteiger partial charge in [-0.05, 0) is 6.07 Å². The summed E-state index contributed by atoms with van der Waals surface area (Å²) in [6, 6.07) is 1.82. The minimum atomic E-state index is 0. The van der Waals surface area contributed by atoms with Crippen LogP contribution in [0, 0.1) is 0 Å². The summed E-state index contributed by atoms with van der Waals surface area (Å²) in [6.45, 7) is 0.382. The lowest BCUT2D eigenvalue weighted by Crippen LogP contribution is -2.02. The summed E-state index contributed by atoms with van der Waals surface area (Å²) < 4.78 is 1.76. The van der Waals surface area contributed by atoms with Gasteiger partial charge in [-0.3, -0.25) is 4.40 Å². The maximum atomic E-state index is 5.41. The van der Waals surface area contributed by atoms with Crippen LogP contribution < -0.4 is 5.73 Å². The SMILES string of the molecule is Cl.Cl.NCc1nnc2ncccn12. The number of nitrogens with two attached hydrogens (primary N) is 1. The van der Waals surface area contributed by atoms with E-state index in [0.717, 1.165) is 5.82 Å². The zero-order chi connectivity index (χ0) is 7.68. The maximum absolute atomic E-state index is 5.41. The van der Waals surface area contributed by atoms with Crippen LogP contribution in [0.1, 0.15) is 5.82 Å². The van der Waals surface area contributed by atoms with Crippen molar-refractivity contribution in [3.8, 4) is 0 Å². The monoisotopic (exact) mass is 221 g/mol. The first kappa shape index (κ1) is 12.1. The summed E-state index contributed by atoms with van der Waals surface area (Å²) in [5, 5.41) is 7.65. The quantitative estimate of drug-likeness (QED) is 0.759. The Morgan fingerprint density at radius 2 is 2.08 bits per heavy atom. The Balaban J connectivity index is 0.000000720. The molecule has 0 aliphatic carbocycles. The molecule has 0 saturated carbocycles. The molecule has 0 unspecified atom stereocenters. The van der Waals surface area contributed by atoms with Crippen molar-refractivity contribution in [2.24, 2.45) is 5.73 Å². The predicted octanol–water partition coefficient (Wildman–Crippen LogP) is 0.427. The molecule has 5 nitrogen and oxygen atoms in total. The average molecular weight is 222 g/mol. The van der Waals surface area contributed by atoms with Crippen LogP contribution in [0.3, 0.4) is 0 Å². The van der Waals surface area contributed by atoms with E-state index >= 15 is 0 Å². The molecule has 2 aromatic heterocycles. The van der Waals surface area contributed by atoms with Gasteiger partial charge in [0.25, 0.3) is 5.78 Å². The normalized spacial score (nSPS) is 9.00. The third kappa shape index (κ3) is 2.06. The van der Waals surface area contributed by atoms with Gasteiger partial charge in [0.05, 0.1) is 6.54 Å². The molecule has 13 heavy (non-hydrogen) atoms. The van der Waals surface area contributed by atoms with Gasteiger partial charge in [0.1, 0.15) is 0 Å². The van der Waals surface area contributed by atoms with Gasteiger partial charge in [0.2, 0.25) is 0 Å². The van der Waals surface area contributed by atoms with Crippen LogP contribution >= 0.6 is 24.8 Å². The number of hydrogen-bond acceptors (Lipinski definition) is 4. The summed E-state index contributed by atoms with van der Waals surface area (Å²) in [5.41, 5.74) is 5.41. The van der Waals surface area contributed by atoms with Crippen LogP contribution in [0.2, 0.25) is 0 Å². The van der Waals surface area contributed by atoms with Crippen LogP contribution in [0.4, 0.5) is 0 Å². The lowest BCUT2D eigenvalue weighted by molar-refractivity contribution is 0.881. The second-order valence-electron chi connectivity index (χ2n) is 2.11. The lowest BCUT2D eigenvalue weighted by atomic mass is 10.6. The summed E-state index contributed by atoms with van der Waals surface area (Å²) in [5.74, 6) is 1.32. The number of hydrogen-bond donors (Lipinski definition) is 1. The molecule has 0 bridgehead atoms. The third-order valence-corrected chi connectivity index (χ3v) is 1.44. The molecule has 2 rings (SSSR count). The van der Waals surface area contributed by atoms with E-state index < -0.39 is 0 Å². The number of halogens is 2. The Bertz CT molecular complexity index is 374. The first-order chi connectivity index (χ1) is 5.42. The van der Waals surface area contributed by atoms with E-state index in [4.69, 9.17) is 5.73 Å². The van der Waals surface area contributed by atoms with E-state index in [1.807, 2.05) is 12.3 Å². The van der Waals surface area contributed by atoms with Crippen LogP contribution in [0.15, 0.2) is 18.5 Å². The van der Waals surface area contributed by atoms with Crippen molar-refractivity contribution in [2.45, 2.75) is 6.54 Å². The molecule has 2 aromatic rings. The van der Waals surface area contributed by atoms with Gasteiger partial charge >= 0.3 is 0 Å². The first-order valence-electron chi connectivity index (χ1n) is 3.26. The highest BCUT2D eigenvalue weighted by Gasteiger charge is 2.00. The molecule has 0 amide bonds. The Morgan fingerprint density at radius 3 is 2.77 bits per heavy atom. The Kier molecular flexibility index (Phi) is 4.61. The second-order valence-corrected chi connectivity index (χ2v) is 2.11. The van der Waals surface area contributed by atoms with Gasteiger partial charge in [0, 0.05) is 12.4 Å². The lowest BCUT2D eigenvalue weighted by Gasteiger charge is -1.91. The van der Waals surface area contributed by atoms with Crippen molar-refractivity contribution in [2.75, 3.05) is 0 Å². The third-order valence-electron chi connectivity index (χ3n) is 1.44. The van der Waals surface area contributed by atoms with Crippen molar-refractivity contribution in [3.05, 3.63) is 24.3 Å². The fraction of sp³-hybridized carbons (Fsp3) is 0.167. The average Bonchev–Trinajstić information content (AvgIpc) is 2.47. The smallest absolute Gasteiger partial charge is 0.254 e. The van der Waals surface area contributed by atoms with E-state index in [0.29, 0.717) is 12.3 Å². The van der Waals surface area contributed by atoms with Gasteiger partial charge in [-0.15, -0.1) is 35.0 Å². The van der Waals surface area contributed by atoms with Gasteiger partial charge < -0.3 is 5.73 Å². The molecule has 0 atom stereocenters. The fourth-order valence-electron chi connectivity index (χ4n) is 0.928. The highest BCUT2D eigenvalue weighted by molar-refractivity contribution is 5.85. The van der Waals surface area contributed by atoms with E-state index in [-0.39, 0.29) is 24.8 Å². The molecule has 2 heterocycles. The van der Waals surface area contributed by atoms with Gasteiger partial charge in [-0.25, -0.2) is 4.98 Å². The molecule has 0 aliphatic heterocycles. The molecular weight excluding hydrogens is 213 g/mol. The van der Waals surface area contributed by atoms with Crippen molar-refractivity contribution >= 4 is 30.6 Å². The van der Waals surface area contributed by atoms with E-state index in [2.05, 4.69) is 15.2 Å². The first-order valence-corrected chi connectivity index (χ1v) is 3.26. The van der Waals surface area contributed by atoms with Crippen LogP contribution in [-0.4, -0.2) is 19.6 Å². The van der Waals surface area contributed by atoms with Crippen LogP contribution in [0.5, 0.6) is 0 Å². The van der Waals surface area contributed by atoms with Gasteiger partial charge in [-0.2, -0.15) is 0 Å². The molecule has 0 aliphatic rings. The van der Waals surface area contributed by atoms with Gasteiger partial charge in [-0.1, -0.05) is 0 Å². The Morgan fingerprint density at radius 1 is 1.31 bits per heavy atom. The summed E-state index contributed by atoms with van der Waals surface area (Å²) in [4.78, 5) is 3.98. The minimum absolute atomic E-state index is 0. The number of nitrogens with zero attached hydrogens (tertiary/aromatic N) is 4. The molecule has 0 saturated heterocycles. The van der Waals surface area contributed by atoms with E-state index in [1.165, 1.54) is 0 Å². The summed E-state index contributed by atoms with van der Waals surface area (Å²) in [6.07, 6.45) is 3.51. The molecule has 0 fully saturated rings. The predicted molar refractivity (Wildman–Crippen MR) is 53.2 cm³/mol. The van der Waals surface area contributed by atoms with Gasteiger partial charge in [0.15, 0.2) is 5.82 Å². The maximum Gasteiger partial charge on any atom is 0.254 e. The summed E-state index contributed by atoms with van der Waals surface area (Å²) in [7, 11) is 0. The minimum Gasteiger partial charge on any atom is -0.324 e. The van der Waals surface area contributed by atoms with Crippen molar-refractivity contribution in [1.29, 1.82) is 0 Å². The van der Waals surface area contributed by atoms with Crippen molar-refractivity contribution in [3.63, 3.8) is 0 Å². The Labute approximate surface area is 87.2 Å². The number of aromatic nitrogens is 4. The molecule has 0 aromatic carbocycles. The largest absolute Gasteiger partial charge is 0.324 e. The topological polar surface area (TPSA) is 69.1 Å². The fourth-order valence-corrected chi connectivity index (χ4v) is 0.928. The molecule has 0 spiro atoms. The Hall–Kier alpha value is -0.910. The van der Waals surface area contributed by atoms with Crippen LogP contribution in [-0.2, 0) is 6.54 Å². The molecule has 72 valence electrons. The summed E-state index contributed by atoms with van der Waals surface area (Å²) >= 11 is 0. The standard InChI is InChI=1S/C6H7N5.2ClH/c7-4-5-9-10-6-8-2-1-3-11(5)6;;/h1-3H,4,7H2;2*1H. The van der Waals surface area contributed by atoms with E-state index in [9.17, 15) is 0 Å². The molecule has 7 heteroatoms. The number of fused-ring (bicyclic) bond motifs is 1. The molecule has 0 radical (unpaired) electrons. The van der Waals surface area contributed by atoms with Crippen LogP contribution in [0.25, 0.3) is 5.78 Å². The zero-order valence-electron chi connectivity index (χ0n) is 6.62. The molecule has 2 N–H and O–H groups in total. The van der Waals surface area contributed by atoms with Crippen molar-refractivity contribution < 1.29 is 0 Å². The second kappa shape index (κ2) is 4.96.